The van der Waals surface area contributed by atoms with Gasteiger partial charge in [0, 0.05) is 18.6 Å². The molecule has 0 fully saturated rings. The second-order valence-corrected chi connectivity index (χ2v) is 4.34. The number of nitrogens with zero attached hydrogens (tertiary/aromatic N) is 2. The van der Waals surface area contributed by atoms with Gasteiger partial charge in [-0.3, -0.25) is 0 Å². The second-order valence-electron chi connectivity index (χ2n) is 3.55. The first kappa shape index (κ1) is 16.2. The Hall–Kier alpha value is -0.820. The van der Waals surface area contributed by atoms with Gasteiger partial charge < -0.3 is 4.90 Å². The van der Waals surface area contributed by atoms with Gasteiger partial charge in [0.25, 0.3) is 6.43 Å². The van der Waals surface area contributed by atoms with E-state index in [1.165, 1.54) is 0 Å². The van der Waals surface area contributed by atoms with Crippen molar-refractivity contribution in [3.05, 3.63) is 22.8 Å². The SMILES string of the molecule is FC(F)CN(CCCl)c1ncc(C(F)(F)F)cc1Cl. The lowest BCUT2D eigenvalue weighted by atomic mass is 10.2. The van der Waals surface area contributed by atoms with Gasteiger partial charge in [0.2, 0.25) is 0 Å². The van der Waals surface area contributed by atoms with E-state index in [1.54, 1.807) is 0 Å². The van der Waals surface area contributed by atoms with Gasteiger partial charge in [-0.05, 0) is 6.07 Å². The molecule has 0 aliphatic rings. The van der Waals surface area contributed by atoms with Crippen molar-refractivity contribution in [1.29, 1.82) is 0 Å². The zero-order chi connectivity index (χ0) is 14.6. The lowest BCUT2D eigenvalue weighted by molar-refractivity contribution is -0.137. The van der Waals surface area contributed by atoms with Crippen LogP contribution >= 0.6 is 23.2 Å². The standard InChI is InChI=1S/C10H9Cl2F5N2/c11-1-2-19(5-8(13)14)9-7(12)3-6(4-18-9)10(15,16)17/h3-4,8H,1-2,5H2. The summed E-state index contributed by atoms with van der Waals surface area (Å²) in [5.41, 5.74) is -1.04. The third-order valence-corrected chi connectivity index (χ3v) is 2.61. The maximum absolute atomic E-state index is 12.4. The van der Waals surface area contributed by atoms with Crippen LogP contribution in [0, 0.1) is 0 Å². The van der Waals surface area contributed by atoms with Crippen LogP contribution in [0.2, 0.25) is 5.02 Å². The second kappa shape index (κ2) is 6.56. The summed E-state index contributed by atoms with van der Waals surface area (Å²) in [5, 5.41) is -0.347. The number of halogens is 7. The van der Waals surface area contributed by atoms with Gasteiger partial charge in [0.05, 0.1) is 17.1 Å². The summed E-state index contributed by atoms with van der Waals surface area (Å²) in [4.78, 5) is 4.54. The van der Waals surface area contributed by atoms with E-state index < -0.39 is 24.7 Å². The minimum absolute atomic E-state index is 0.00395. The highest BCUT2D eigenvalue weighted by Gasteiger charge is 2.32. The van der Waals surface area contributed by atoms with Gasteiger partial charge in [-0.25, -0.2) is 13.8 Å². The molecular formula is C10H9Cl2F5N2. The average molecular weight is 323 g/mol. The number of alkyl halides is 6. The van der Waals surface area contributed by atoms with Crippen molar-refractivity contribution < 1.29 is 22.0 Å². The minimum atomic E-state index is -4.59. The summed E-state index contributed by atoms with van der Waals surface area (Å²) in [6.07, 6.45) is -6.72. The van der Waals surface area contributed by atoms with E-state index in [4.69, 9.17) is 23.2 Å². The number of aromatic nitrogens is 1. The van der Waals surface area contributed by atoms with Crippen LogP contribution in [0.5, 0.6) is 0 Å². The molecule has 1 aromatic rings. The average Bonchev–Trinajstić information content (AvgIpc) is 2.26. The molecule has 2 nitrogen and oxygen atoms in total. The molecule has 0 N–H and O–H groups in total. The molecule has 1 heterocycles. The van der Waals surface area contributed by atoms with Crippen molar-refractivity contribution in [1.82, 2.24) is 4.98 Å². The molecule has 0 spiro atoms. The molecule has 1 aromatic heterocycles. The molecule has 0 radical (unpaired) electrons. The summed E-state index contributed by atoms with van der Waals surface area (Å²) in [7, 11) is 0. The van der Waals surface area contributed by atoms with Crippen LogP contribution < -0.4 is 4.90 Å². The molecule has 0 aromatic carbocycles. The quantitative estimate of drug-likeness (QED) is 0.600. The molecule has 0 saturated heterocycles. The highest BCUT2D eigenvalue weighted by molar-refractivity contribution is 6.33. The van der Waals surface area contributed by atoms with E-state index in [1.807, 2.05) is 0 Å². The monoisotopic (exact) mass is 322 g/mol. The molecule has 0 saturated carbocycles. The van der Waals surface area contributed by atoms with Crippen LogP contribution in [0.3, 0.4) is 0 Å². The largest absolute Gasteiger partial charge is 0.417 e. The van der Waals surface area contributed by atoms with Crippen LogP contribution in [-0.4, -0.2) is 30.4 Å². The van der Waals surface area contributed by atoms with Gasteiger partial charge >= 0.3 is 6.18 Å². The molecule has 0 aliphatic carbocycles. The topological polar surface area (TPSA) is 16.1 Å². The van der Waals surface area contributed by atoms with E-state index >= 15 is 0 Å². The zero-order valence-corrected chi connectivity index (χ0v) is 10.9. The lowest BCUT2D eigenvalue weighted by Crippen LogP contribution is -2.31. The number of hydrogen-bond acceptors (Lipinski definition) is 2. The van der Waals surface area contributed by atoms with Crippen LogP contribution in [0.4, 0.5) is 27.8 Å². The highest BCUT2D eigenvalue weighted by Crippen LogP contribution is 2.33. The van der Waals surface area contributed by atoms with Crippen molar-refractivity contribution in [3.63, 3.8) is 0 Å². The Labute approximate surface area is 116 Å². The van der Waals surface area contributed by atoms with E-state index in [2.05, 4.69) is 4.98 Å². The van der Waals surface area contributed by atoms with Crippen molar-refractivity contribution in [2.75, 3.05) is 23.9 Å². The van der Waals surface area contributed by atoms with Crippen LogP contribution in [0.15, 0.2) is 12.3 Å². The molecule has 9 heteroatoms. The van der Waals surface area contributed by atoms with Crippen molar-refractivity contribution in [2.45, 2.75) is 12.6 Å². The zero-order valence-electron chi connectivity index (χ0n) is 9.39. The number of hydrogen-bond donors (Lipinski definition) is 0. The number of anilines is 1. The van der Waals surface area contributed by atoms with E-state index in [0.29, 0.717) is 12.3 Å². The van der Waals surface area contributed by atoms with E-state index in [-0.39, 0.29) is 23.3 Å². The Balaban J connectivity index is 3.04. The Kier molecular flexibility index (Phi) is 5.61. The van der Waals surface area contributed by atoms with Gasteiger partial charge in [0.1, 0.15) is 5.82 Å². The minimum Gasteiger partial charge on any atom is -0.348 e. The predicted octanol–water partition coefficient (Wildman–Crippen LogP) is 4.06. The van der Waals surface area contributed by atoms with Crippen molar-refractivity contribution in [2.24, 2.45) is 0 Å². The fraction of sp³-hybridized carbons (Fsp3) is 0.500. The van der Waals surface area contributed by atoms with Gasteiger partial charge in [-0.15, -0.1) is 11.6 Å². The van der Waals surface area contributed by atoms with Gasteiger partial charge in [-0.1, -0.05) is 11.6 Å². The highest BCUT2D eigenvalue weighted by atomic mass is 35.5. The Morgan fingerprint density at radius 1 is 1.32 bits per heavy atom. The first-order valence-electron chi connectivity index (χ1n) is 5.07. The van der Waals surface area contributed by atoms with Gasteiger partial charge in [0.15, 0.2) is 0 Å². The molecule has 0 atom stereocenters. The summed E-state index contributed by atoms with van der Waals surface area (Å²) in [6, 6.07) is 0.649. The van der Waals surface area contributed by atoms with Crippen molar-refractivity contribution in [3.8, 4) is 0 Å². The van der Waals surface area contributed by atoms with Crippen molar-refractivity contribution >= 4 is 29.0 Å². The lowest BCUT2D eigenvalue weighted by Gasteiger charge is -2.23. The fourth-order valence-electron chi connectivity index (χ4n) is 1.37. The first-order chi connectivity index (χ1) is 8.75. The Bertz CT molecular complexity index is 425. The van der Waals surface area contributed by atoms with Crippen LogP contribution in [0.1, 0.15) is 5.56 Å². The molecule has 0 amide bonds. The molecule has 0 bridgehead atoms. The smallest absolute Gasteiger partial charge is 0.348 e. The normalized spacial score (nSPS) is 12.0. The predicted molar refractivity (Wildman–Crippen MR) is 63.2 cm³/mol. The Morgan fingerprint density at radius 2 is 1.95 bits per heavy atom. The fourth-order valence-corrected chi connectivity index (χ4v) is 1.86. The van der Waals surface area contributed by atoms with E-state index in [9.17, 15) is 22.0 Å². The van der Waals surface area contributed by atoms with Crippen LogP contribution in [0.25, 0.3) is 0 Å². The molecular weight excluding hydrogens is 314 g/mol. The third-order valence-electron chi connectivity index (χ3n) is 2.16. The molecule has 0 unspecified atom stereocenters. The molecule has 0 aliphatic heterocycles. The molecule has 19 heavy (non-hydrogen) atoms. The first-order valence-corrected chi connectivity index (χ1v) is 5.98. The Morgan fingerprint density at radius 3 is 2.37 bits per heavy atom. The molecule has 1 rings (SSSR count). The third kappa shape index (κ3) is 4.65. The number of rotatable bonds is 5. The summed E-state index contributed by atoms with van der Waals surface area (Å²) in [5.74, 6) is -0.123. The maximum atomic E-state index is 12.4. The van der Waals surface area contributed by atoms with E-state index in [0.717, 1.165) is 4.90 Å². The maximum Gasteiger partial charge on any atom is 0.417 e. The number of pyridine rings is 1. The van der Waals surface area contributed by atoms with Crippen LogP contribution in [-0.2, 0) is 6.18 Å². The summed E-state index contributed by atoms with van der Waals surface area (Å²) < 4.78 is 61.9. The van der Waals surface area contributed by atoms with Gasteiger partial charge in [-0.2, -0.15) is 13.2 Å². The summed E-state index contributed by atoms with van der Waals surface area (Å²) >= 11 is 11.1. The molecule has 108 valence electrons. The summed E-state index contributed by atoms with van der Waals surface area (Å²) in [6.45, 7) is -0.700.